The number of hydrogen-bond donors (Lipinski definition) is 4. The first kappa shape index (κ1) is 25.7. The van der Waals surface area contributed by atoms with E-state index in [-0.39, 0.29) is 29.7 Å². The fraction of sp³-hybridized carbons (Fsp3) is 0.600. The lowest BCUT2D eigenvalue weighted by molar-refractivity contribution is -0.140. The topological polar surface area (TPSA) is 119 Å². The van der Waals surface area contributed by atoms with E-state index in [1.165, 1.54) is 12.6 Å². The predicted octanol–water partition coefficient (Wildman–Crippen LogP) is -0.136. The van der Waals surface area contributed by atoms with Crippen molar-refractivity contribution in [3.63, 3.8) is 0 Å². The number of piperazine rings is 1. The number of anilines is 1. The zero-order valence-electron chi connectivity index (χ0n) is 20.6. The van der Waals surface area contributed by atoms with Gasteiger partial charge in [0.05, 0.1) is 11.6 Å². The minimum atomic E-state index is -0.510. The van der Waals surface area contributed by atoms with E-state index >= 15 is 0 Å². The molecule has 0 unspecified atom stereocenters. The van der Waals surface area contributed by atoms with E-state index in [0.717, 1.165) is 36.9 Å². The maximum Gasteiger partial charge on any atom is 0.254 e. The third kappa shape index (κ3) is 5.94. The van der Waals surface area contributed by atoms with Crippen molar-refractivity contribution < 1.29 is 19.8 Å². The van der Waals surface area contributed by atoms with Crippen LogP contribution in [0.15, 0.2) is 18.2 Å². The van der Waals surface area contributed by atoms with Gasteiger partial charge in [-0.05, 0) is 50.9 Å². The molecule has 1 saturated heterocycles. The maximum atomic E-state index is 13.5. The smallest absolute Gasteiger partial charge is 0.254 e. The molecule has 0 radical (unpaired) electrons. The average Bonchev–Trinajstić information content (AvgIpc) is 2.90. The van der Waals surface area contributed by atoms with E-state index in [2.05, 4.69) is 16.0 Å². The molecule has 0 spiro atoms. The van der Waals surface area contributed by atoms with Gasteiger partial charge in [0.15, 0.2) is 6.21 Å². The third-order valence-electron chi connectivity index (χ3n) is 7.14. The van der Waals surface area contributed by atoms with Gasteiger partial charge in [-0.2, -0.15) is 0 Å². The number of nitrogens with one attached hydrogen (secondary N) is 3. The molecule has 1 aromatic rings. The minimum Gasteiger partial charge on any atom is -0.387 e. The molecule has 34 heavy (non-hydrogen) atoms. The van der Waals surface area contributed by atoms with Crippen LogP contribution in [0.2, 0.25) is 0 Å². The Labute approximate surface area is 202 Å². The van der Waals surface area contributed by atoms with Crippen LogP contribution in [0.4, 0.5) is 5.69 Å². The van der Waals surface area contributed by atoms with Gasteiger partial charge in [-0.15, -0.1) is 0 Å². The first-order chi connectivity index (χ1) is 16.4. The van der Waals surface area contributed by atoms with Gasteiger partial charge in [-0.3, -0.25) is 19.8 Å². The molecule has 0 aromatic heterocycles. The van der Waals surface area contributed by atoms with Gasteiger partial charge in [0.1, 0.15) is 6.04 Å². The summed E-state index contributed by atoms with van der Waals surface area (Å²) in [4.78, 5) is 42.8. The summed E-state index contributed by atoms with van der Waals surface area (Å²) < 4.78 is 0. The standard InChI is InChI=1S/C25H38N6O3/c1-17(27-2)23(32)29-22(18-7-5-4-6-8-18)25(34)31-13-11-30(12-14-31)24(33)19-9-10-20(16-26)21(15-19)28-3/h9-10,15-18,22,26-28H,4-8,11-14H2,1-3H3,(H,29,32)/p+1/t17-,22-/m0/s1. The first-order valence-corrected chi connectivity index (χ1v) is 12.3. The lowest BCUT2D eigenvalue weighted by Gasteiger charge is -2.39. The molecule has 1 heterocycles. The summed E-state index contributed by atoms with van der Waals surface area (Å²) in [5.74, 6) is -0.0893. The number of rotatable bonds is 8. The SMILES string of the molecule is CNc1cc(C(=O)N2CCN(C(=O)[C@@H](NC(=O)[C@H](C)NC)C3CCCCC3)CC2)ccc1C=[NH2+]. The van der Waals surface area contributed by atoms with Crippen LogP contribution in [0.25, 0.3) is 0 Å². The summed E-state index contributed by atoms with van der Waals surface area (Å²) >= 11 is 0. The Balaban J connectivity index is 1.65. The highest BCUT2D eigenvalue weighted by Gasteiger charge is 2.36. The number of likely N-dealkylation sites (N-methyl/N-ethyl adjacent to an activating group) is 1. The molecule has 1 saturated carbocycles. The van der Waals surface area contributed by atoms with Crippen LogP contribution in [-0.2, 0) is 9.59 Å². The van der Waals surface area contributed by atoms with E-state index in [9.17, 15) is 14.4 Å². The highest BCUT2D eigenvalue weighted by atomic mass is 16.2. The number of amides is 3. The van der Waals surface area contributed by atoms with Crippen LogP contribution < -0.4 is 21.4 Å². The second-order valence-corrected chi connectivity index (χ2v) is 9.23. The van der Waals surface area contributed by atoms with E-state index < -0.39 is 6.04 Å². The lowest BCUT2D eigenvalue weighted by atomic mass is 9.83. The van der Waals surface area contributed by atoms with E-state index in [1.807, 2.05) is 6.07 Å². The van der Waals surface area contributed by atoms with Crippen molar-refractivity contribution in [2.24, 2.45) is 5.92 Å². The van der Waals surface area contributed by atoms with Crippen molar-refractivity contribution >= 4 is 29.6 Å². The lowest BCUT2D eigenvalue weighted by Crippen LogP contribution is -2.59. The van der Waals surface area contributed by atoms with E-state index in [1.54, 1.807) is 43.0 Å². The summed E-state index contributed by atoms with van der Waals surface area (Å²) in [6.07, 6.45) is 6.76. The van der Waals surface area contributed by atoms with Crippen molar-refractivity contribution in [2.75, 3.05) is 45.6 Å². The first-order valence-electron chi connectivity index (χ1n) is 12.3. The van der Waals surface area contributed by atoms with Crippen molar-refractivity contribution in [1.29, 1.82) is 0 Å². The zero-order valence-corrected chi connectivity index (χ0v) is 20.6. The van der Waals surface area contributed by atoms with Crippen LogP contribution >= 0.6 is 0 Å². The van der Waals surface area contributed by atoms with Crippen LogP contribution in [0.3, 0.4) is 0 Å². The fourth-order valence-corrected chi connectivity index (χ4v) is 4.82. The number of nitrogens with zero attached hydrogens (tertiary/aromatic N) is 2. The van der Waals surface area contributed by atoms with Crippen LogP contribution in [0.5, 0.6) is 0 Å². The number of carbonyl (C=O) groups is 3. The summed E-state index contributed by atoms with van der Waals surface area (Å²) in [6, 6.07) is 4.53. The molecule has 2 atom stereocenters. The molecule has 1 aliphatic heterocycles. The molecule has 186 valence electrons. The second kappa shape index (κ2) is 12.0. The third-order valence-corrected chi connectivity index (χ3v) is 7.14. The van der Waals surface area contributed by atoms with Gasteiger partial charge in [0.25, 0.3) is 5.91 Å². The normalized spacial score (nSPS) is 18.7. The molecule has 3 amide bonds. The highest BCUT2D eigenvalue weighted by Crippen LogP contribution is 2.28. The molecular weight excluding hydrogens is 432 g/mol. The molecule has 5 N–H and O–H groups in total. The Bertz CT molecular complexity index is 891. The Morgan fingerprint density at radius 2 is 1.68 bits per heavy atom. The number of carbonyl (C=O) groups excluding carboxylic acids is 3. The second-order valence-electron chi connectivity index (χ2n) is 9.23. The summed E-state index contributed by atoms with van der Waals surface area (Å²) in [7, 11) is 3.53. The molecule has 1 aliphatic carbocycles. The molecule has 2 aliphatic rings. The molecule has 0 bridgehead atoms. The number of hydrogen-bond acceptors (Lipinski definition) is 5. The summed E-state index contributed by atoms with van der Waals surface area (Å²) in [5, 5.41) is 14.7. The van der Waals surface area contributed by atoms with Crippen molar-refractivity contribution in [1.82, 2.24) is 20.4 Å². The van der Waals surface area contributed by atoms with E-state index in [4.69, 9.17) is 5.41 Å². The van der Waals surface area contributed by atoms with E-state index in [0.29, 0.717) is 31.7 Å². The highest BCUT2D eigenvalue weighted by molar-refractivity contribution is 5.97. The predicted molar refractivity (Wildman–Crippen MR) is 133 cm³/mol. The zero-order chi connectivity index (χ0) is 24.7. The van der Waals surface area contributed by atoms with Gasteiger partial charge >= 0.3 is 0 Å². The molecule has 3 rings (SSSR count). The summed E-state index contributed by atoms with van der Waals surface area (Å²) in [5.41, 5.74) is 2.21. The largest absolute Gasteiger partial charge is 0.387 e. The van der Waals surface area contributed by atoms with Crippen LogP contribution in [0.1, 0.15) is 54.9 Å². The van der Waals surface area contributed by atoms with Crippen LogP contribution in [0, 0.1) is 5.92 Å². The van der Waals surface area contributed by atoms with Crippen LogP contribution in [-0.4, -0.2) is 86.1 Å². The number of benzene rings is 1. The van der Waals surface area contributed by atoms with Gasteiger partial charge < -0.3 is 25.8 Å². The Kier molecular flexibility index (Phi) is 9.04. The molecular formula is C25H39N6O3+. The Morgan fingerprint density at radius 3 is 2.26 bits per heavy atom. The minimum absolute atomic E-state index is 0.0315. The molecule has 9 nitrogen and oxygen atoms in total. The average molecular weight is 472 g/mol. The van der Waals surface area contributed by atoms with Crippen molar-refractivity contribution in [3.8, 4) is 0 Å². The molecule has 9 heteroatoms. The van der Waals surface area contributed by atoms with Gasteiger partial charge in [0.2, 0.25) is 11.8 Å². The number of nitrogens with two attached hydrogens (primary N) is 1. The maximum absolute atomic E-state index is 13.5. The molecule has 2 fully saturated rings. The van der Waals surface area contributed by atoms with Crippen molar-refractivity contribution in [2.45, 2.75) is 51.1 Å². The Morgan fingerprint density at radius 1 is 1.03 bits per heavy atom. The Hall–Kier alpha value is -2.94. The monoisotopic (exact) mass is 471 g/mol. The molecule has 1 aromatic carbocycles. The van der Waals surface area contributed by atoms with Crippen molar-refractivity contribution in [3.05, 3.63) is 29.3 Å². The van der Waals surface area contributed by atoms with Gasteiger partial charge in [0, 0.05) is 44.5 Å². The summed E-state index contributed by atoms with van der Waals surface area (Å²) in [6.45, 7) is 3.63. The fourth-order valence-electron chi connectivity index (χ4n) is 4.82. The van der Waals surface area contributed by atoms with Gasteiger partial charge in [-0.25, -0.2) is 0 Å². The van der Waals surface area contributed by atoms with Gasteiger partial charge in [-0.1, -0.05) is 19.3 Å². The quantitative estimate of drug-likeness (QED) is 0.394.